The van der Waals surface area contributed by atoms with E-state index in [0.29, 0.717) is 11.5 Å². The van der Waals surface area contributed by atoms with Gasteiger partial charge in [-0.1, -0.05) is 31.5 Å². The largest absolute Gasteiger partial charge is 0.417 e. The van der Waals surface area contributed by atoms with Gasteiger partial charge in [-0.2, -0.15) is 13.2 Å². The first-order valence-corrected chi connectivity index (χ1v) is 7.98. The van der Waals surface area contributed by atoms with Crippen molar-refractivity contribution in [3.05, 3.63) is 34.3 Å². The predicted molar refractivity (Wildman–Crippen MR) is 90.3 cm³/mol. The Balaban J connectivity index is 0.00000264. The molecule has 1 aromatic carbocycles. The fraction of sp³-hybridized carbons (Fsp3) is 0.625. The van der Waals surface area contributed by atoms with Crippen molar-refractivity contribution in [1.82, 2.24) is 10.2 Å². The first-order valence-electron chi connectivity index (χ1n) is 7.60. The van der Waals surface area contributed by atoms with Crippen LogP contribution in [0.2, 0.25) is 5.02 Å². The minimum atomic E-state index is -4.42. The molecule has 1 aliphatic heterocycles. The third-order valence-electron chi connectivity index (χ3n) is 3.97. The normalized spacial score (nSPS) is 17.9. The third-order valence-corrected chi connectivity index (χ3v) is 4.30. The molecular weight excluding hydrogens is 348 g/mol. The van der Waals surface area contributed by atoms with Crippen molar-refractivity contribution in [3.63, 3.8) is 0 Å². The fourth-order valence-electron chi connectivity index (χ4n) is 2.90. The van der Waals surface area contributed by atoms with E-state index in [2.05, 4.69) is 24.1 Å². The molecule has 2 nitrogen and oxygen atoms in total. The van der Waals surface area contributed by atoms with Crippen molar-refractivity contribution in [2.24, 2.45) is 5.92 Å². The van der Waals surface area contributed by atoms with E-state index in [9.17, 15) is 13.2 Å². The number of alkyl halides is 3. The second-order valence-corrected chi connectivity index (χ2v) is 6.58. The molecule has 0 spiro atoms. The van der Waals surface area contributed by atoms with Crippen LogP contribution in [0.15, 0.2) is 18.2 Å². The number of piperazine rings is 1. The van der Waals surface area contributed by atoms with Crippen LogP contribution in [0.5, 0.6) is 0 Å². The second kappa shape index (κ2) is 8.56. The summed E-state index contributed by atoms with van der Waals surface area (Å²) in [7, 11) is 0. The Morgan fingerprint density at radius 1 is 1.22 bits per heavy atom. The van der Waals surface area contributed by atoms with E-state index in [0.717, 1.165) is 32.6 Å². The van der Waals surface area contributed by atoms with E-state index in [1.165, 1.54) is 12.1 Å². The molecule has 0 aliphatic carbocycles. The zero-order valence-corrected chi connectivity index (χ0v) is 14.9. The zero-order valence-electron chi connectivity index (χ0n) is 13.3. The van der Waals surface area contributed by atoms with Crippen LogP contribution in [-0.4, -0.2) is 31.1 Å². The highest BCUT2D eigenvalue weighted by atomic mass is 35.5. The average molecular weight is 371 g/mol. The molecule has 0 aromatic heterocycles. The molecule has 0 unspecified atom stereocenters. The van der Waals surface area contributed by atoms with Gasteiger partial charge in [-0.3, -0.25) is 4.90 Å². The van der Waals surface area contributed by atoms with Crippen molar-refractivity contribution in [2.75, 3.05) is 26.2 Å². The number of halogens is 5. The number of hydrogen-bond acceptors (Lipinski definition) is 2. The standard InChI is InChI=1S/C16H22ClF3N2.ClH/c1-11(2)9-15(22-7-5-21-6-8-22)12-3-4-14(17)13(10-12)16(18,19)20;/h3-4,10-11,15,21H,5-9H2,1-2H3;1H/t15-;/m0./s1. The topological polar surface area (TPSA) is 15.3 Å². The minimum Gasteiger partial charge on any atom is -0.314 e. The maximum Gasteiger partial charge on any atom is 0.417 e. The molecule has 1 heterocycles. The van der Waals surface area contributed by atoms with Crippen molar-refractivity contribution in [3.8, 4) is 0 Å². The maximum atomic E-state index is 13.1. The monoisotopic (exact) mass is 370 g/mol. The van der Waals surface area contributed by atoms with Gasteiger partial charge in [-0.25, -0.2) is 0 Å². The summed E-state index contributed by atoms with van der Waals surface area (Å²) in [6.45, 7) is 7.62. The second-order valence-electron chi connectivity index (χ2n) is 6.17. The van der Waals surface area contributed by atoms with Crippen LogP contribution in [0, 0.1) is 5.92 Å². The van der Waals surface area contributed by atoms with E-state index in [1.807, 2.05) is 0 Å². The Morgan fingerprint density at radius 3 is 2.35 bits per heavy atom. The lowest BCUT2D eigenvalue weighted by Gasteiger charge is -2.36. The molecule has 1 saturated heterocycles. The fourth-order valence-corrected chi connectivity index (χ4v) is 3.13. The van der Waals surface area contributed by atoms with Gasteiger partial charge >= 0.3 is 6.18 Å². The predicted octanol–water partition coefficient (Wildman–Crippen LogP) is 4.77. The van der Waals surface area contributed by atoms with Crippen molar-refractivity contribution < 1.29 is 13.2 Å². The van der Waals surface area contributed by atoms with E-state index in [4.69, 9.17) is 11.6 Å². The lowest BCUT2D eigenvalue weighted by molar-refractivity contribution is -0.137. The van der Waals surface area contributed by atoms with Gasteiger partial charge in [0.1, 0.15) is 0 Å². The number of hydrogen-bond donors (Lipinski definition) is 1. The van der Waals surface area contributed by atoms with Crippen LogP contribution in [-0.2, 0) is 6.18 Å². The van der Waals surface area contributed by atoms with Crippen LogP contribution < -0.4 is 5.32 Å². The van der Waals surface area contributed by atoms with Crippen LogP contribution in [0.3, 0.4) is 0 Å². The molecule has 7 heteroatoms. The van der Waals surface area contributed by atoms with Gasteiger partial charge in [0.25, 0.3) is 0 Å². The van der Waals surface area contributed by atoms with Gasteiger partial charge in [0.2, 0.25) is 0 Å². The Bertz CT molecular complexity index is 501. The first kappa shape index (κ1) is 20.6. The van der Waals surface area contributed by atoms with Gasteiger partial charge in [0, 0.05) is 32.2 Å². The summed E-state index contributed by atoms with van der Waals surface area (Å²) < 4.78 is 39.3. The first-order chi connectivity index (χ1) is 10.3. The van der Waals surface area contributed by atoms with Crippen LogP contribution in [0.4, 0.5) is 13.2 Å². The van der Waals surface area contributed by atoms with Crippen molar-refractivity contribution in [1.29, 1.82) is 0 Å². The third kappa shape index (κ3) is 5.52. The molecule has 1 N–H and O–H groups in total. The molecule has 23 heavy (non-hydrogen) atoms. The quantitative estimate of drug-likeness (QED) is 0.820. The molecule has 1 aliphatic rings. The van der Waals surface area contributed by atoms with Crippen LogP contribution >= 0.6 is 24.0 Å². The molecule has 0 bridgehead atoms. The molecule has 1 atom stereocenters. The lowest BCUT2D eigenvalue weighted by Crippen LogP contribution is -2.45. The van der Waals surface area contributed by atoms with Gasteiger partial charge < -0.3 is 5.32 Å². The van der Waals surface area contributed by atoms with Crippen LogP contribution in [0.1, 0.15) is 37.4 Å². The highest BCUT2D eigenvalue weighted by Crippen LogP contribution is 2.38. The Morgan fingerprint density at radius 2 is 1.83 bits per heavy atom. The SMILES string of the molecule is CC(C)C[C@@H](c1ccc(Cl)c(C(F)(F)F)c1)N1CCNCC1.Cl. The summed E-state index contributed by atoms with van der Waals surface area (Å²) in [6.07, 6.45) is -3.59. The summed E-state index contributed by atoms with van der Waals surface area (Å²) in [5, 5.41) is 3.04. The van der Waals surface area contributed by atoms with Gasteiger partial charge in [0.15, 0.2) is 0 Å². The summed E-state index contributed by atoms with van der Waals surface area (Å²) in [4.78, 5) is 2.26. The van der Waals surface area contributed by atoms with E-state index >= 15 is 0 Å². The molecule has 132 valence electrons. The minimum absolute atomic E-state index is 0. The maximum absolute atomic E-state index is 13.1. The summed E-state index contributed by atoms with van der Waals surface area (Å²) >= 11 is 5.73. The van der Waals surface area contributed by atoms with E-state index in [-0.39, 0.29) is 23.5 Å². The molecule has 0 saturated carbocycles. The van der Waals surface area contributed by atoms with Crippen LogP contribution in [0.25, 0.3) is 0 Å². The highest BCUT2D eigenvalue weighted by molar-refractivity contribution is 6.31. The van der Waals surface area contributed by atoms with Crippen molar-refractivity contribution in [2.45, 2.75) is 32.5 Å². The summed E-state index contributed by atoms with van der Waals surface area (Å²) in [6, 6.07) is 4.32. The molecule has 0 radical (unpaired) electrons. The number of nitrogens with zero attached hydrogens (tertiary/aromatic N) is 1. The highest BCUT2D eigenvalue weighted by Gasteiger charge is 2.34. The summed E-state index contributed by atoms with van der Waals surface area (Å²) in [5.74, 6) is 0.407. The average Bonchev–Trinajstić information content (AvgIpc) is 2.45. The summed E-state index contributed by atoms with van der Waals surface area (Å²) in [5.41, 5.74) is -0.0390. The zero-order chi connectivity index (χ0) is 16.3. The van der Waals surface area contributed by atoms with E-state index in [1.54, 1.807) is 6.07 Å². The molecular formula is C16H23Cl2F3N2. The number of benzene rings is 1. The Labute approximate surface area is 146 Å². The molecule has 0 amide bonds. The van der Waals surface area contributed by atoms with Gasteiger partial charge in [-0.15, -0.1) is 12.4 Å². The smallest absolute Gasteiger partial charge is 0.314 e. The lowest BCUT2D eigenvalue weighted by atomic mass is 9.93. The van der Waals surface area contributed by atoms with Crippen molar-refractivity contribution >= 4 is 24.0 Å². The van der Waals surface area contributed by atoms with E-state index < -0.39 is 11.7 Å². The molecule has 2 rings (SSSR count). The number of nitrogens with one attached hydrogen (secondary N) is 1. The van der Waals surface area contributed by atoms with Gasteiger partial charge in [0.05, 0.1) is 10.6 Å². The molecule has 1 aromatic rings. The van der Waals surface area contributed by atoms with Gasteiger partial charge in [-0.05, 0) is 30.0 Å². The Kier molecular flexibility index (Phi) is 7.65. The molecule has 1 fully saturated rings. The number of rotatable bonds is 4. The Hall–Kier alpha value is -0.490.